The van der Waals surface area contributed by atoms with Crippen LogP contribution in [0.15, 0.2) is 29.3 Å². The number of carbonyl (C=O) groups is 2. The first-order chi connectivity index (χ1) is 12.9. The van der Waals surface area contributed by atoms with E-state index in [0.717, 1.165) is 17.7 Å². The molecule has 1 atom stereocenters. The first-order valence-corrected chi connectivity index (χ1v) is 10.5. The Morgan fingerprint density at radius 2 is 1.96 bits per heavy atom. The van der Waals surface area contributed by atoms with Gasteiger partial charge in [-0.1, -0.05) is 23.9 Å². The Kier molecular flexibility index (Phi) is 6.09. The lowest BCUT2D eigenvalue weighted by atomic mass is 9.89. The van der Waals surface area contributed by atoms with Gasteiger partial charge >= 0.3 is 5.97 Å². The molecule has 1 fully saturated rings. The van der Waals surface area contributed by atoms with Gasteiger partial charge in [-0.15, -0.1) is 0 Å². The molecule has 6 nitrogen and oxygen atoms in total. The summed E-state index contributed by atoms with van der Waals surface area (Å²) in [5, 5.41) is 0.619. The molecule has 2 aliphatic heterocycles. The standard InChI is InChI=1S/C20H27N3O3S/c1-3-26-18(25)15-8-11-23(12-9-15)17(24)14-4-6-16(7-5-14)20(2)10-13-27-19(21)22-20/h4-7,15H,3,8-13H2,1-2H3,(H2,21,22). The van der Waals surface area contributed by atoms with Gasteiger partial charge in [-0.25, -0.2) is 0 Å². The van der Waals surface area contributed by atoms with Crippen LogP contribution in [0, 0.1) is 5.92 Å². The molecule has 1 saturated heterocycles. The summed E-state index contributed by atoms with van der Waals surface area (Å²) in [5.41, 5.74) is 7.31. The molecule has 146 valence electrons. The number of piperidine rings is 1. The zero-order valence-electron chi connectivity index (χ0n) is 15.9. The molecule has 2 aliphatic rings. The fourth-order valence-electron chi connectivity index (χ4n) is 3.63. The van der Waals surface area contributed by atoms with Crippen LogP contribution < -0.4 is 5.73 Å². The van der Waals surface area contributed by atoms with Crippen molar-refractivity contribution in [3.63, 3.8) is 0 Å². The molecule has 1 aromatic carbocycles. The van der Waals surface area contributed by atoms with Crippen molar-refractivity contribution in [2.24, 2.45) is 16.6 Å². The number of amidine groups is 1. The van der Waals surface area contributed by atoms with Crippen LogP contribution in [0.1, 0.15) is 49.0 Å². The summed E-state index contributed by atoms with van der Waals surface area (Å²) in [6, 6.07) is 7.69. The van der Waals surface area contributed by atoms with E-state index < -0.39 is 0 Å². The predicted octanol–water partition coefficient (Wildman–Crippen LogP) is 2.77. The van der Waals surface area contributed by atoms with Gasteiger partial charge in [0.05, 0.1) is 18.1 Å². The van der Waals surface area contributed by atoms with Gasteiger partial charge in [-0.3, -0.25) is 14.6 Å². The molecule has 0 aliphatic carbocycles. The highest BCUT2D eigenvalue weighted by Gasteiger charge is 2.31. The zero-order chi connectivity index (χ0) is 19.4. The van der Waals surface area contributed by atoms with Gasteiger partial charge in [-0.2, -0.15) is 0 Å². The molecule has 0 bridgehead atoms. The van der Waals surface area contributed by atoms with Gasteiger partial charge in [0, 0.05) is 24.4 Å². The maximum Gasteiger partial charge on any atom is 0.309 e. The minimum absolute atomic E-state index is 0.0104. The number of amides is 1. The van der Waals surface area contributed by atoms with Gasteiger partial charge in [0.25, 0.3) is 5.91 Å². The number of aliphatic imine (C=N–C) groups is 1. The second kappa shape index (κ2) is 8.33. The molecule has 1 unspecified atom stereocenters. The largest absolute Gasteiger partial charge is 0.466 e. The third kappa shape index (κ3) is 4.46. The van der Waals surface area contributed by atoms with Gasteiger partial charge in [0.2, 0.25) is 0 Å². The third-order valence-corrected chi connectivity index (χ3v) is 6.15. The molecular weight excluding hydrogens is 362 g/mol. The van der Waals surface area contributed by atoms with E-state index in [2.05, 4.69) is 11.9 Å². The van der Waals surface area contributed by atoms with E-state index in [1.54, 1.807) is 11.8 Å². The lowest BCUT2D eigenvalue weighted by Gasteiger charge is -2.31. The monoisotopic (exact) mass is 389 g/mol. The predicted molar refractivity (Wildman–Crippen MR) is 108 cm³/mol. The summed E-state index contributed by atoms with van der Waals surface area (Å²) in [6.45, 7) is 5.46. The molecule has 2 N–H and O–H groups in total. The SMILES string of the molecule is CCOC(=O)C1CCN(C(=O)c2ccc(C3(C)CCSC(N)=N3)cc2)CC1. The van der Waals surface area contributed by atoms with Crippen molar-refractivity contribution in [2.75, 3.05) is 25.4 Å². The minimum Gasteiger partial charge on any atom is -0.466 e. The Hall–Kier alpha value is -2.02. The number of nitrogens with two attached hydrogens (primary N) is 1. The summed E-state index contributed by atoms with van der Waals surface area (Å²) in [7, 11) is 0. The Morgan fingerprint density at radius 1 is 1.30 bits per heavy atom. The van der Waals surface area contributed by atoms with Crippen LogP contribution in [0.4, 0.5) is 0 Å². The second-order valence-electron chi connectivity index (χ2n) is 7.22. The van der Waals surface area contributed by atoms with E-state index in [1.807, 2.05) is 36.1 Å². The first-order valence-electron chi connectivity index (χ1n) is 9.47. The molecule has 7 heteroatoms. The number of nitrogens with zero attached hydrogens (tertiary/aromatic N) is 2. The second-order valence-corrected chi connectivity index (χ2v) is 8.33. The minimum atomic E-state index is -0.325. The summed E-state index contributed by atoms with van der Waals surface area (Å²) in [6.07, 6.45) is 2.24. The van der Waals surface area contributed by atoms with Crippen molar-refractivity contribution in [2.45, 2.75) is 38.6 Å². The maximum atomic E-state index is 12.8. The average Bonchev–Trinajstić information content (AvgIpc) is 2.68. The summed E-state index contributed by atoms with van der Waals surface area (Å²) < 4.78 is 5.09. The van der Waals surface area contributed by atoms with Crippen LogP contribution in [0.3, 0.4) is 0 Å². The number of likely N-dealkylation sites (tertiary alicyclic amines) is 1. The maximum absolute atomic E-state index is 12.8. The molecule has 0 spiro atoms. The van der Waals surface area contributed by atoms with Gasteiger partial charge < -0.3 is 15.4 Å². The number of esters is 1. The molecule has 0 aromatic heterocycles. The van der Waals surface area contributed by atoms with Gasteiger partial charge in [0.15, 0.2) is 5.17 Å². The van der Waals surface area contributed by atoms with Crippen LogP contribution in [-0.4, -0.2) is 47.4 Å². The Labute approximate surface area is 164 Å². The van der Waals surface area contributed by atoms with E-state index >= 15 is 0 Å². The fraction of sp³-hybridized carbons (Fsp3) is 0.550. The Morgan fingerprint density at radius 3 is 2.56 bits per heavy atom. The Balaban J connectivity index is 1.63. The molecule has 27 heavy (non-hydrogen) atoms. The van der Waals surface area contributed by atoms with Crippen LogP contribution in [0.5, 0.6) is 0 Å². The van der Waals surface area contributed by atoms with E-state index in [4.69, 9.17) is 10.5 Å². The normalized spacial score (nSPS) is 23.6. The quantitative estimate of drug-likeness (QED) is 0.801. The van der Waals surface area contributed by atoms with Crippen molar-refractivity contribution in [1.82, 2.24) is 4.90 Å². The highest BCUT2D eigenvalue weighted by Crippen LogP contribution is 2.35. The molecular formula is C20H27N3O3S. The summed E-state index contributed by atoms with van der Waals surface area (Å²) >= 11 is 1.58. The molecule has 1 aromatic rings. The van der Waals surface area contributed by atoms with Crippen LogP contribution >= 0.6 is 11.8 Å². The van der Waals surface area contributed by atoms with E-state index in [0.29, 0.717) is 43.3 Å². The number of carbonyl (C=O) groups excluding carboxylic acids is 2. The van der Waals surface area contributed by atoms with Crippen molar-refractivity contribution >= 4 is 28.8 Å². The van der Waals surface area contributed by atoms with Crippen LogP contribution in [0.25, 0.3) is 0 Å². The zero-order valence-corrected chi connectivity index (χ0v) is 16.8. The molecule has 0 radical (unpaired) electrons. The summed E-state index contributed by atoms with van der Waals surface area (Å²) in [5.74, 6) is 0.717. The number of ether oxygens (including phenoxy) is 1. The van der Waals surface area contributed by atoms with E-state index in [-0.39, 0.29) is 23.3 Å². The van der Waals surface area contributed by atoms with Gasteiger partial charge in [-0.05, 0) is 50.8 Å². The number of hydrogen-bond acceptors (Lipinski definition) is 6. The number of thioether (sulfide) groups is 1. The molecule has 3 rings (SSSR count). The number of hydrogen-bond donors (Lipinski definition) is 1. The van der Waals surface area contributed by atoms with Crippen LogP contribution in [-0.2, 0) is 15.1 Å². The van der Waals surface area contributed by atoms with E-state index in [9.17, 15) is 9.59 Å². The topological polar surface area (TPSA) is 85.0 Å². The van der Waals surface area contributed by atoms with Gasteiger partial charge in [0.1, 0.15) is 0 Å². The first kappa shape index (κ1) is 19.7. The smallest absolute Gasteiger partial charge is 0.309 e. The lowest BCUT2D eigenvalue weighted by molar-refractivity contribution is -0.149. The van der Waals surface area contributed by atoms with Crippen molar-refractivity contribution in [3.05, 3.63) is 35.4 Å². The highest BCUT2D eigenvalue weighted by atomic mass is 32.2. The molecule has 0 saturated carbocycles. The lowest BCUT2D eigenvalue weighted by Crippen LogP contribution is -2.40. The average molecular weight is 390 g/mol. The van der Waals surface area contributed by atoms with Crippen molar-refractivity contribution in [1.29, 1.82) is 0 Å². The summed E-state index contributed by atoms with van der Waals surface area (Å²) in [4.78, 5) is 31.0. The third-order valence-electron chi connectivity index (χ3n) is 5.35. The van der Waals surface area contributed by atoms with Crippen LogP contribution in [0.2, 0.25) is 0 Å². The highest BCUT2D eigenvalue weighted by molar-refractivity contribution is 8.13. The van der Waals surface area contributed by atoms with Crippen molar-refractivity contribution < 1.29 is 14.3 Å². The molecule has 1 amide bonds. The number of benzene rings is 1. The Bertz CT molecular complexity index is 726. The van der Waals surface area contributed by atoms with Crippen molar-refractivity contribution in [3.8, 4) is 0 Å². The van der Waals surface area contributed by atoms with E-state index in [1.165, 1.54) is 0 Å². The number of rotatable bonds is 4. The fourth-order valence-corrected chi connectivity index (χ4v) is 4.60. The molecule has 2 heterocycles.